The summed E-state index contributed by atoms with van der Waals surface area (Å²) in [5, 5.41) is 72.6. The second-order valence-electron chi connectivity index (χ2n) is 23.3. The number of hydrogen-bond acceptors (Lipinski definition) is 14. The van der Waals surface area contributed by atoms with Gasteiger partial charge in [-0.05, 0) is 83.5 Å². The van der Waals surface area contributed by atoms with E-state index in [-0.39, 0.29) is 25.6 Å². The van der Waals surface area contributed by atoms with Crippen LogP contribution in [0.5, 0.6) is 0 Å². The maximum Gasteiger partial charge on any atom is 0.306 e. The van der Waals surface area contributed by atoms with Crippen molar-refractivity contribution in [3.05, 3.63) is 72.9 Å². The van der Waals surface area contributed by atoms with Gasteiger partial charge in [0.05, 0.1) is 26.4 Å². The minimum Gasteiger partial charge on any atom is -0.457 e. The lowest BCUT2D eigenvalue weighted by molar-refractivity contribution is -0.332. The van der Waals surface area contributed by atoms with E-state index in [2.05, 4.69) is 86.8 Å². The van der Waals surface area contributed by atoms with Crippen LogP contribution < -0.4 is 0 Å². The van der Waals surface area contributed by atoms with E-state index in [0.29, 0.717) is 13.0 Å². The topological polar surface area (TPSA) is 214 Å². The SMILES string of the molecule is CC/C=C\C/C=C\C/C=C\C/C=C\CCCCCCCCCCCCCCC(=O)OC(COCCCCCCCCCCCCCC/C=C\C/C=C\CCCCCCC)COC1OC(COC2OC(CO)C(O)C(O)C2O)C(O)C(O)C1O. The number of carbonyl (C=O) groups excluding carboxylic acids is 1. The molecule has 11 atom stereocenters. The highest BCUT2D eigenvalue weighted by molar-refractivity contribution is 5.69. The van der Waals surface area contributed by atoms with Crippen LogP contribution >= 0.6 is 0 Å². The van der Waals surface area contributed by atoms with Gasteiger partial charge in [0.25, 0.3) is 0 Å². The van der Waals surface area contributed by atoms with Gasteiger partial charge in [0.2, 0.25) is 0 Å². The normalized spacial score (nSPS) is 23.9. The zero-order valence-corrected chi connectivity index (χ0v) is 52.2. The molecule has 83 heavy (non-hydrogen) atoms. The third-order valence-corrected chi connectivity index (χ3v) is 15.7. The molecule has 0 radical (unpaired) electrons. The molecule has 0 saturated carbocycles. The first-order valence-electron chi connectivity index (χ1n) is 33.5. The number of carbonyl (C=O) groups is 1. The number of allylic oxidation sites excluding steroid dienone is 12. The molecule has 2 rings (SSSR count). The third kappa shape index (κ3) is 40.5. The van der Waals surface area contributed by atoms with E-state index in [4.69, 9.17) is 28.4 Å². The molecule has 2 heterocycles. The lowest BCUT2D eigenvalue weighted by Gasteiger charge is -2.42. The number of esters is 1. The molecule has 2 saturated heterocycles. The molecule has 7 N–H and O–H groups in total. The number of aliphatic hydroxyl groups excluding tert-OH is 7. The third-order valence-electron chi connectivity index (χ3n) is 15.7. The van der Waals surface area contributed by atoms with Crippen molar-refractivity contribution >= 4 is 5.97 Å². The van der Waals surface area contributed by atoms with Crippen LogP contribution in [0.15, 0.2) is 72.9 Å². The number of ether oxygens (including phenoxy) is 6. The molecule has 14 heteroatoms. The highest BCUT2D eigenvalue weighted by atomic mass is 16.7. The molecule has 0 aromatic heterocycles. The van der Waals surface area contributed by atoms with E-state index in [1.165, 1.54) is 154 Å². The second kappa shape index (κ2) is 54.8. The lowest BCUT2D eigenvalue weighted by Crippen LogP contribution is -2.61. The summed E-state index contributed by atoms with van der Waals surface area (Å²) in [6.45, 7) is 3.60. The van der Waals surface area contributed by atoms with Crippen molar-refractivity contribution < 1.29 is 69.0 Å². The average molecular weight is 1180 g/mol. The predicted molar refractivity (Wildman–Crippen MR) is 335 cm³/mol. The summed E-state index contributed by atoms with van der Waals surface area (Å²) < 4.78 is 34.5. The van der Waals surface area contributed by atoms with Gasteiger partial charge in [-0.2, -0.15) is 0 Å². The molecule has 0 aromatic carbocycles. The molecule has 11 unspecified atom stereocenters. The Bertz CT molecular complexity index is 1650. The van der Waals surface area contributed by atoms with Crippen molar-refractivity contribution in [1.82, 2.24) is 0 Å². The minimum absolute atomic E-state index is 0.0586. The van der Waals surface area contributed by atoms with Crippen molar-refractivity contribution in [2.45, 2.75) is 325 Å². The Balaban J connectivity index is 1.66. The van der Waals surface area contributed by atoms with Crippen molar-refractivity contribution in [1.29, 1.82) is 0 Å². The van der Waals surface area contributed by atoms with Crippen LogP contribution in [-0.2, 0) is 33.2 Å². The van der Waals surface area contributed by atoms with Crippen LogP contribution in [0.2, 0.25) is 0 Å². The van der Waals surface area contributed by atoms with E-state index in [9.17, 15) is 40.5 Å². The van der Waals surface area contributed by atoms with E-state index in [0.717, 1.165) is 77.0 Å². The maximum atomic E-state index is 13.1. The summed E-state index contributed by atoms with van der Waals surface area (Å²) in [7, 11) is 0. The van der Waals surface area contributed by atoms with Crippen LogP contribution in [0.4, 0.5) is 0 Å². The number of unbranched alkanes of at least 4 members (excludes halogenated alkanes) is 29. The van der Waals surface area contributed by atoms with Gasteiger partial charge in [-0.1, -0.05) is 241 Å². The zero-order valence-electron chi connectivity index (χ0n) is 52.2. The van der Waals surface area contributed by atoms with Gasteiger partial charge < -0.3 is 64.2 Å². The molecular weight excluding hydrogens is 1050 g/mol. The maximum absolute atomic E-state index is 13.1. The summed E-state index contributed by atoms with van der Waals surface area (Å²) >= 11 is 0. The monoisotopic (exact) mass is 1170 g/mol. The Labute approximate surface area is 504 Å². The molecule has 14 nitrogen and oxygen atoms in total. The van der Waals surface area contributed by atoms with Crippen LogP contribution in [0.3, 0.4) is 0 Å². The van der Waals surface area contributed by atoms with E-state index in [1.807, 2.05) is 0 Å². The number of rotatable bonds is 55. The van der Waals surface area contributed by atoms with Gasteiger partial charge in [0.1, 0.15) is 54.9 Å². The van der Waals surface area contributed by atoms with Crippen LogP contribution in [0.1, 0.15) is 258 Å². The van der Waals surface area contributed by atoms with Gasteiger partial charge >= 0.3 is 5.97 Å². The van der Waals surface area contributed by atoms with Gasteiger partial charge in [-0.25, -0.2) is 0 Å². The van der Waals surface area contributed by atoms with Gasteiger partial charge in [-0.15, -0.1) is 0 Å². The quantitative estimate of drug-likeness (QED) is 0.0171. The predicted octanol–water partition coefficient (Wildman–Crippen LogP) is 13.8. The summed E-state index contributed by atoms with van der Waals surface area (Å²) in [4.78, 5) is 13.1. The van der Waals surface area contributed by atoms with Crippen molar-refractivity contribution in [3.8, 4) is 0 Å². The Morgan fingerprint density at radius 3 is 1.23 bits per heavy atom. The average Bonchev–Trinajstić information content (AvgIpc) is 3.67. The fourth-order valence-corrected chi connectivity index (χ4v) is 10.4. The zero-order chi connectivity index (χ0) is 60.1. The highest BCUT2D eigenvalue weighted by Gasteiger charge is 2.47. The molecule has 2 fully saturated rings. The summed E-state index contributed by atoms with van der Waals surface area (Å²) in [5.41, 5.74) is 0. The molecule has 0 aliphatic carbocycles. The Morgan fingerprint density at radius 1 is 0.410 bits per heavy atom. The molecule has 0 amide bonds. The lowest BCUT2D eigenvalue weighted by atomic mass is 9.98. The van der Waals surface area contributed by atoms with Crippen molar-refractivity contribution in [2.24, 2.45) is 0 Å². The van der Waals surface area contributed by atoms with Gasteiger partial charge in [0, 0.05) is 13.0 Å². The summed E-state index contributed by atoms with van der Waals surface area (Å²) in [6.07, 6.45) is 55.4. The fourth-order valence-electron chi connectivity index (χ4n) is 10.4. The van der Waals surface area contributed by atoms with E-state index < -0.39 is 80.7 Å². The van der Waals surface area contributed by atoms with Crippen LogP contribution in [-0.4, -0.2) is 142 Å². The first kappa shape index (κ1) is 76.5. The largest absolute Gasteiger partial charge is 0.457 e. The van der Waals surface area contributed by atoms with Crippen molar-refractivity contribution in [2.75, 3.05) is 33.0 Å². The minimum atomic E-state index is -1.71. The Morgan fingerprint density at radius 2 is 0.783 bits per heavy atom. The molecule has 0 bridgehead atoms. The van der Waals surface area contributed by atoms with Gasteiger partial charge in [-0.3, -0.25) is 4.79 Å². The summed E-state index contributed by atoms with van der Waals surface area (Å²) in [5.74, 6) is -0.377. The highest BCUT2D eigenvalue weighted by Crippen LogP contribution is 2.27. The number of aliphatic hydroxyl groups is 7. The second-order valence-corrected chi connectivity index (χ2v) is 23.3. The van der Waals surface area contributed by atoms with Crippen LogP contribution in [0, 0.1) is 0 Å². The van der Waals surface area contributed by atoms with Gasteiger partial charge in [0.15, 0.2) is 12.6 Å². The number of hydrogen-bond donors (Lipinski definition) is 7. The first-order valence-corrected chi connectivity index (χ1v) is 33.5. The Kier molecular flexibility index (Phi) is 50.5. The van der Waals surface area contributed by atoms with E-state index >= 15 is 0 Å². The molecule has 482 valence electrons. The summed E-state index contributed by atoms with van der Waals surface area (Å²) in [6, 6.07) is 0. The standard InChI is InChI=1S/C69H122O14/c1-3-5-7-9-11-13-15-17-19-21-23-25-27-29-30-32-34-36-38-40-42-44-46-48-50-52-61(71)81-58(56-79-68-67(77)65(75)63(73)60(83-68)57-80-69-66(76)64(74)62(72)59(54-70)82-69)55-78-53-51-49-47-45-43-41-39-37-35-33-31-28-26-24-22-20-18-16-14-12-10-8-6-4-2/h5,7,11,13,16-19,22-25,58-60,62-70,72-77H,3-4,6,8-10,12,14-15,20-21,26-57H2,1-2H3/b7-5-,13-11-,18-16-,19-17-,24-22-,25-23-. The molecular formula is C69H122O14. The van der Waals surface area contributed by atoms with E-state index in [1.54, 1.807) is 0 Å². The first-order chi connectivity index (χ1) is 40.6. The smallest absolute Gasteiger partial charge is 0.306 e. The Hall–Kier alpha value is -2.57. The molecule has 2 aliphatic rings. The molecule has 0 spiro atoms. The molecule has 0 aromatic rings. The van der Waals surface area contributed by atoms with Crippen LogP contribution in [0.25, 0.3) is 0 Å². The fraction of sp³-hybridized carbons (Fsp3) is 0.812. The molecule has 2 aliphatic heterocycles. The van der Waals surface area contributed by atoms with Crippen molar-refractivity contribution in [3.63, 3.8) is 0 Å².